The van der Waals surface area contributed by atoms with Crippen LogP contribution >= 0.6 is 0 Å². The quantitative estimate of drug-likeness (QED) is 0.685. The van der Waals surface area contributed by atoms with Gasteiger partial charge >= 0.3 is 12.0 Å². The summed E-state index contributed by atoms with van der Waals surface area (Å²) in [5.74, 6) is -1.28. The first-order chi connectivity index (χ1) is 9.07. The lowest BCUT2D eigenvalue weighted by molar-refractivity contribution is -0.142. The minimum Gasteiger partial charge on any atom is -0.481 e. The fourth-order valence-electron chi connectivity index (χ4n) is 2.24. The zero-order chi connectivity index (χ0) is 14.3. The van der Waals surface area contributed by atoms with Crippen LogP contribution in [0.5, 0.6) is 0 Å². The van der Waals surface area contributed by atoms with Crippen LogP contribution in [0.25, 0.3) is 0 Å². The van der Waals surface area contributed by atoms with Crippen molar-refractivity contribution in [1.29, 1.82) is 0 Å². The van der Waals surface area contributed by atoms with Gasteiger partial charge in [0.25, 0.3) is 0 Å². The van der Waals surface area contributed by atoms with Crippen molar-refractivity contribution >= 4 is 12.0 Å². The summed E-state index contributed by atoms with van der Waals surface area (Å²) in [6.07, 6.45) is 2.64. The van der Waals surface area contributed by atoms with Crippen molar-refractivity contribution in [3.8, 4) is 0 Å². The highest BCUT2D eigenvalue weighted by molar-refractivity contribution is 5.78. The second-order valence-electron chi connectivity index (χ2n) is 4.87. The number of unbranched alkanes of at least 4 members (excludes halogenated alkanes) is 1. The van der Waals surface area contributed by atoms with Crippen LogP contribution in [0.1, 0.15) is 33.1 Å². The molecule has 2 unspecified atom stereocenters. The highest BCUT2D eigenvalue weighted by Crippen LogP contribution is 2.23. The summed E-state index contributed by atoms with van der Waals surface area (Å²) >= 11 is 0. The molecule has 19 heavy (non-hydrogen) atoms. The fraction of sp³-hybridized carbons (Fsp3) is 0.846. The van der Waals surface area contributed by atoms with Crippen LogP contribution in [0.3, 0.4) is 0 Å². The van der Waals surface area contributed by atoms with Gasteiger partial charge in [-0.2, -0.15) is 0 Å². The van der Waals surface area contributed by atoms with Crippen molar-refractivity contribution in [1.82, 2.24) is 10.2 Å². The van der Waals surface area contributed by atoms with Crippen LogP contribution in [-0.4, -0.2) is 54.4 Å². The van der Waals surface area contributed by atoms with Crippen LogP contribution in [0.15, 0.2) is 0 Å². The molecule has 2 amide bonds. The monoisotopic (exact) mass is 272 g/mol. The molecule has 110 valence electrons. The second kappa shape index (κ2) is 7.99. The number of carboxylic acids is 1. The Labute approximate surface area is 114 Å². The minimum atomic E-state index is -0.828. The standard InChI is InChI=1S/C13H24N2O4/c1-3-4-8-19-9-6-14-13(18)15-7-5-11(10(15)2)12(16)17/h10-11H,3-9H2,1-2H3,(H,14,18)(H,16,17). The number of urea groups is 1. The number of nitrogens with one attached hydrogen (secondary N) is 1. The van der Waals surface area contributed by atoms with Crippen LogP contribution < -0.4 is 5.32 Å². The summed E-state index contributed by atoms with van der Waals surface area (Å²) in [6.45, 7) is 6.05. The third kappa shape index (κ3) is 4.70. The molecular weight excluding hydrogens is 248 g/mol. The van der Waals surface area contributed by atoms with E-state index in [2.05, 4.69) is 12.2 Å². The van der Waals surface area contributed by atoms with Crippen molar-refractivity contribution < 1.29 is 19.4 Å². The summed E-state index contributed by atoms with van der Waals surface area (Å²) in [6, 6.07) is -0.450. The third-order valence-corrected chi connectivity index (χ3v) is 3.50. The zero-order valence-electron chi connectivity index (χ0n) is 11.7. The molecule has 0 aromatic heterocycles. The van der Waals surface area contributed by atoms with E-state index in [9.17, 15) is 9.59 Å². The van der Waals surface area contributed by atoms with Gasteiger partial charge in [0.1, 0.15) is 0 Å². The number of hydrogen-bond donors (Lipinski definition) is 2. The molecule has 0 radical (unpaired) electrons. The van der Waals surface area contributed by atoms with Crippen molar-refractivity contribution in [2.75, 3.05) is 26.3 Å². The van der Waals surface area contributed by atoms with E-state index in [-0.39, 0.29) is 12.1 Å². The molecule has 1 heterocycles. The summed E-state index contributed by atoms with van der Waals surface area (Å²) in [5, 5.41) is 11.8. The van der Waals surface area contributed by atoms with E-state index >= 15 is 0 Å². The molecule has 0 spiro atoms. The first-order valence-electron chi connectivity index (χ1n) is 6.93. The predicted octanol–water partition coefficient (Wildman–Crippen LogP) is 1.31. The third-order valence-electron chi connectivity index (χ3n) is 3.50. The van der Waals surface area contributed by atoms with Gasteiger partial charge in [-0.25, -0.2) is 4.79 Å². The van der Waals surface area contributed by atoms with Crippen LogP contribution in [-0.2, 0) is 9.53 Å². The number of rotatable bonds is 7. The lowest BCUT2D eigenvalue weighted by Gasteiger charge is -2.23. The van der Waals surface area contributed by atoms with Crippen LogP contribution in [0.2, 0.25) is 0 Å². The first-order valence-corrected chi connectivity index (χ1v) is 6.93. The molecule has 6 nitrogen and oxygen atoms in total. The Hall–Kier alpha value is -1.30. The average molecular weight is 272 g/mol. The van der Waals surface area contributed by atoms with Gasteiger partial charge in [-0.05, 0) is 19.8 Å². The molecule has 0 aromatic rings. The normalized spacial score (nSPS) is 22.5. The van der Waals surface area contributed by atoms with Gasteiger partial charge in [-0.15, -0.1) is 0 Å². The maximum atomic E-state index is 11.9. The van der Waals surface area contributed by atoms with E-state index in [1.807, 2.05) is 0 Å². The molecule has 2 atom stereocenters. The number of amides is 2. The van der Waals surface area contributed by atoms with Gasteiger partial charge in [0.05, 0.1) is 12.5 Å². The lowest BCUT2D eigenvalue weighted by atomic mass is 10.0. The molecule has 0 aromatic carbocycles. The van der Waals surface area contributed by atoms with E-state index in [0.29, 0.717) is 32.7 Å². The maximum absolute atomic E-state index is 11.9. The van der Waals surface area contributed by atoms with Crippen molar-refractivity contribution in [2.45, 2.75) is 39.2 Å². The average Bonchev–Trinajstić information content (AvgIpc) is 2.75. The Balaban J connectivity index is 2.21. The molecular formula is C13H24N2O4. The number of nitrogens with zero attached hydrogens (tertiary/aromatic N) is 1. The number of ether oxygens (including phenoxy) is 1. The van der Waals surface area contributed by atoms with E-state index in [1.165, 1.54) is 0 Å². The van der Waals surface area contributed by atoms with Gasteiger partial charge in [0.2, 0.25) is 0 Å². The van der Waals surface area contributed by atoms with Crippen molar-refractivity contribution in [2.24, 2.45) is 5.92 Å². The highest BCUT2D eigenvalue weighted by atomic mass is 16.5. The highest BCUT2D eigenvalue weighted by Gasteiger charge is 2.37. The van der Waals surface area contributed by atoms with E-state index in [0.717, 1.165) is 12.8 Å². The Morgan fingerprint density at radius 1 is 1.42 bits per heavy atom. The number of likely N-dealkylation sites (tertiary alicyclic amines) is 1. The molecule has 0 saturated carbocycles. The number of carboxylic acid groups (broad SMARTS) is 1. The second-order valence-corrected chi connectivity index (χ2v) is 4.87. The van der Waals surface area contributed by atoms with Crippen LogP contribution in [0, 0.1) is 5.92 Å². The van der Waals surface area contributed by atoms with Gasteiger partial charge in [-0.1, -0.05) is 13.3 Å². The molecule has 2 N–H and O–H groups in total. The van der Waals surface area contributed by atoms with E-state index in [4.69, 9.17) is 9.84 Å². The predicted molar refractivity (Wildman–Crippen MR) is 71.0 cm³/mol. The summed E-state index contributed by atoms with van der Waals surface area (Å²) < 4.78 is 5.35. The Morgan fingerprint density at radius 3 is 2.74 bits per heavy atom. The maximum Gasteiger partial charge on any atom is 0.317 e. The molecule has 1 aliphatic heterocycles. The summed E-state index contributed by atoms with van der Waals surface area (Å²) in [7, 11) is 0. The molecule has 1 fully saturated rings. The van der Waals surface area contributed by atoms with Crippen LogP contribution in [0.4, 0.5) is 4.79 Å². The largest absolute Gasteiger partial charge is 0.481 e. The summed E-state index contributed by atoms with van der Waals surface area (Å²) in [4.78, 5) is 24.4. The Kier molecular flexibility index (Phi) is 6.62. The molecule has 1 rings (SSSR count). The van der Waals surface area contributed by atoms with Crippen molar-refractivity contribution in [3.05, 3.63) is 0 Å². The Morgan fingerprint density at radius 2 is 2.16 bits per heavy atom. The van der Waals surface area contributed by atoms with Crippen molar-refractivity contribution in [3.63, 3.8) is 0 Å². The van der Waals surface area contributed by atoms with E-state index < -0.39 is 11.9 Å². The smallest absolute Gasteiger partial charge is 0.317 e. The number of aliphatic carboxylic acids is 1. The number of hydrogen-bond acceptors (Lipinski definition) is 3. The SMILES string of the molecule is CCCCOCCNC(=O)N1CCC(C(=O)O)C1C. The topological polar surface area (TPSA) is 78.9 Å². The van der Waals surface area contributed by atoms with Gasteiger partial charge in [0, 0.05) is 25.7 Å². The van der Waals surface area contributed by atoms with Gasteiger partial charge in [0.15, 0.2) is 0 Å². The molecule has 6 heteroatoms. The number of carbonyl (C=O) groups is 2. The Bertz CT molecular complexity index is 309. The number of carbonyl (C=O) groups excluding carboxylic acids is 1. The lowest BCUT2D eigenvalue weighted by Crippen LogP contribution is -2.44. The molecule has 1 saturated heterocycles. The molecule has 0 aliphatic carbocycles. The molecule has 0 bridgehead atoms. The fourth-order valence-corrected chi connectivity index (χ4v) is 2.24. The van der Waals surface area contributed by atoms with Gasteiger partial charge in [-0.3, -0.25) is 4.79 Å². The first kappa shape index (κ1) is 15.8. The van der Waals surface area contributed by atoms with E-state index in [1.54, 1.807) is 11.8 Å². The molecule has 1 aliphatic rings. The minimum absolute atomic E-state index is 0.199. The zero-order valence-corrected chi connectivity index (χ0v) is 11.7. The van der Waals surface area contributed by atoms with Gasteiger partial charge < -0.3 is 20.1 Å². The summed E-state index contributed by atoms with van der Waals surface area (Å²) in [5.41, 5.74) is 0.